The average molecular weight is 505 g/mol. The van der Waals surface area contributed by atoms with Gasteiger partial charge in [-0.1, -0.05) is 0 Å². The maximum Gasteiger partial charge on any atom is 0.340 e. The smallest absolute Gasteiger partial charge is 0.340 e. The Hall–Kier alpha value is -2.43. The van der Waals surface area contributed by atoms with Crippen molar-refractivity contribution in [2.45, 2.75) is 31.1 Å². The quantitative estimate of drug-likeness (QED) is 0.356. The molecule has 4 heterocycles. The van der Waals surface area contributed by atoms with Crippen LogP contribution in [0.5, 0.6) is 0 Å². The Balaban J connectivity index is 1.66. The molecular weight excluding hydrogens is 492 g/mol. The van der Waals surface area contributed by atoms with E-state index in [4.69, 9.17) is 10.5 Å². The molecule has 1 aliphatic heterocycles. The molecule has 14 heteroatoms. The number of hydrogen-bond donors (Lipinski definition) is 3. The van der Waals surface area contributed by atoms with Gasteiger partial charge >= 0.3 is 11.2 Å². The number of imidazole rings is 1. The Morgan fingerprint density at radius 3 is 2.75 bits per heavy atom. The first-order valence-corrected chi connectivity index (χ1v) is 8.89. The lowest BCUT2D eigenvalue weighted by atomic mass is 10.1. The molecule has 0 aliphatic carbocycles. The molecule has 12 nitrogen and oxygen atoms in total. The highest BCUT2D eigenvalue weighted by atomic mass is 127. The first-order chi connectivity index (χ1) is 13.3. The van der Waals surface area contributed by atoms with Crippen LogP contribution in [-0.2, 0) is 11.3 Å². The van der Waals surface area contributed by atoms with Crippen molar-refractivity contribution >= 4 is 39.8 Å². The minimum Gasteiger partial charge on any atom is -0.387 e. The molecule has 0 amide bonds. The van der Waals surface area contributed by atoms with Gasteiger partial charge in [-0.3, -0.25) is 13.9 Å². The lowest BCUT2D eigenvalue weighted by Crippen LogP contribution is -2.41. The zero-order chi connectivity index (χ0) is 20.2. The van der Waals surface area contributed by atoms with Gasteiger partial charge in [0.15, 0.2) is 17.7 Å². The fourth-order valence-corrected chi connectivity index (χ4v) is 3.54. The third-order valence-electron chi connectivity index (χ3n) is 4.44. The third kappa shape index (κ3) is 2.88. The van der Waals surface area contributed by atoms with E-state index >= 15 is 0 Å². The molecule has 28 heavy (non-hydrogen) atoms. The van der Waals surface area contributed by atoms with Crippen molar-refractivity contribution in [2.75, 3.05) is 5.73 Å². The summed E-state index contributed by atoms with van der Waals surface area (Å²) in [5.41, 5.74) is 4.45. The van der Waals surface area contributed by atoms with Gasteiger partial charge in [-0.25, -0.2) is 19.7 Å². The van der Waals surface area contributed by atoms with Crippen LogP contribution in [-0.4, -0.2) is 55.4 Å². The van der Waals surface area contributed by atoms with Crippen LogP contribution in [0.25, 0.3) is 11.2 Å². The number of aliphatic hydroxyl groups excluding tert-OH is 2. The highest BCUT2D eigenvalue weighted by molar-refractivity contribution is 14.1. The number of nitrogens with zero attached hydrogens (tertiary/aromatic N) is 6. The van der Waals surface area contributed by atoms with Gasteiger partial charge in [0.2, 0.25) is 5.82 Å². The average Bonchev–Trinajstić information content (AvgIpc) is 3.22. The fraction of sp³-hybridized carbons (Fsp3) is 0.357. The molecule has 0 aromatic carbocycles. The molecule has 4 atom stereocenters. The summed E-state index contributed by atoms with van der Waals surface area (Å²) < 4.78 is 22.2. The molecule has 4 N–H and O–H groups in total. The molecule has 1 saturated heterocycles. The van der Waals surface area contributed by atoms with Gasteiger partial charge in [-0.15, -0.1) is 0 Å². The van der Waals surface area contributed by atoms with Crippen molar-refractivity contribution in [3.05, 3.63) is 45.5 Å². The molecule has 1 aliphatic rings. The number of anilines is 1. The molecule has 3 aromatic heterocycles. The molecule has 3 aromatic rings. The summed E-state index contributed by atoms with van der Waals surface area (Å²) >= 11 is 1.38. The Morgan fingerprint density at radius 1 is 1.25 bits per heavy atom. The monoisotopic (exact) mass is 505 g/mol. The number of nitrogen functional groups attached to an aromatic ring is 1. The van der Waals surface area contributed by atoms with Crippen molar-refractivity contribution in [1.29, 1.82) is 0 Å². The summed E-state index contributed by atoms with van der Waals surface area (Å²) in [6.45, 7) is -0.294. The van der Waals surface area contributed by atoms with Crippen LogP contribution in [0.2, 0.25) is 0 Å². The Kier molecular flexibility index (Phi) is 4.64. The Morgan fingerprint density at radius 2 is 2.00 bits per heavy atom. The highest BCUT2D eigenvalue weighted by Gasteiger charge is 2.44. The van der Waals surface area contributed by atoms with Crippen LogP contribution >= 0.6 is 22.9 Å². The number of fused-ring (bicyclic) bond motifs is 1. The summed E-state index contributed by atoms with van der Waals surface area (Å²) in [5.74, 6) is -0.994. The van der Waals surface area contributed by atoms with Gasteiger partial charge in [0.05, 0.1) is 41.9 Å². The van der Waals surface area contributed by atoms with Gasteiger partial charge in [-0.2, -0.15) is 7.17 Å². The van der Waals surface area contributed by atoms with Crippen LogP contribution in [0.3, 0.4) is 0 Å². The van der Waals surface area contributed by atoms with E-state index < -0.39 is 41.6 Å². The SMILES string of the molecule is Nc1ncnc2c1ncn2[C@@H]1O[C@H](Cn2cc(F)c(=O)n(I)c2=O)[C@@H](O)[C@H]1O. The Labute approximate surface area is 168 Å². The highest BCUT2D eigenvalue weighted by Crippen LogP contribution is 2.32. The second-order valence-corrected chi connectivity index (χ2v) is 7.09. The van der Waals surface area contributed by atoms with E-state index in [2.05, 4.69) is 15.0 Å². The lowest BCUT2D eigenvalue weighted by molar-refractivity contribution is -0.0397. The maximum atomic E-state index is 13.7. The molecule has 148 valence electrons. The minimum atomic E-state index is -1.40. The summed E-state index contributed by atoms with van der Waals surface area (Å²) in [4.78, 5) is 35.6. The minimum absolute atomic E-state index is 0.139. The molecular formula is C14H13FIN7O5. The van der Waals surface area contributed by atoms with Crippen molar-refractivity contribution < 1.29 is 19.3 Å². The van der Waals surface area contributed by atoms with Crippen LogP contribution in [0.4, 0.5) is 10.2 Å². The van der Waals surface area contributed by atoms with Crippen molar-refractivity contribution in [2.24, 2.45) is 0 Å². The topological polar surface area (TPSA) is 163 Å². The summed E-state index contributed by atoms with van der Waals surface area (Å²) in [5, 5.41) is 20.8. The standard InChI is InChI=1S/C14H13FIN7O5/c15-5-1-21(14(27)23(16)12(5)26)2-6-8(24)9(25)13(28-6)22-4-20-7-10(17)18-3-19-11(7)22/h1,3-4,6,8-9,13,24-25H,2H2,(H2,17,18,19)/t6-,8-,9-,13-/m1/s1. The van der Waals surface area contributed by atoms with Crippen LogP contribution in [0, 0.1) is 5.82 Å². The number of halogens is 2. The molecule has 0 spiro atoms. The lowest BCUT2D eigenvalue weighted by Gasteiger charge is -2.17. The predicted octanol–water partition coefficient (Wildman–Crippen LogP) is -1.61. The van der Waals surface area contributed by atoms with Gasteiger partial charge in [0.25, 0.3) is 0 Å². The molecule has 4 rings (SSSR count). The summed E-state index contributed by atoms with van der Waals surface area (Å²) in [7, 11) is 0. The van der Waals surface area contributed by atoms with Gasteiger partial charge in [0.1, 0.15) is 30.2 Å². The number of aliphatic hydroxyl groups is 2. The molecule has 1 fully saturated rings. The number of rotatable bonds is 3. The van der Waals surface area contributed by atoms with Gasteiger partial charge in [0, 0.05) is 0 Å². The zero-order valence-corrected chi connectivity index (χ0v) is 16.0. The number of aromatic nitrogens is 6. The number of hydrogen-bond acceptors (Lipinski definition) is 9. The summed E-state index contributed by atoms with van der Waals surface area (Å²) in [6, 6.07) is 0. The van der Waals surface area contributed by atoms with E-state index in [0.29, 0.717) is 8.30 Å². The second-order valence-electron chi connectivity index (χ2n) is 6.13. The number of ether oxygens (including phenoxy) is 1. The zero-order valence-electron chi connectivity index (χ0n) is 13.9. The van der Waals surface area contributed by atoms with E-state index in [9.17, 15) is 24.2 Å². The van der Waals surface area contributed by atoms with E-state index in [-0.39, 0.29) is 18.0 Å². The van der Waals surface area contributed by atoms with Crippen molar-refractivity contribution in [3.63, 3.8) is 0 Å². The van der Waals surface area contributed by atoms with E-state index in [0.717, 1.165) is 10.8 Å². The first-order valence-electron chi connectivity index (χ1n) is 7.92. The Bertz CT molecular complexity index is 1180. The van der Waals surface area contributed by atoms with Crippen LogP contribution in [0.15, 0.2) is 28.4 Å². The normalized spacial score (nSPS) is 24.9. The van der Waals surface area contributed by atoms with E-state index in [1.54, 1.807) is 0 Å². The number of nitrogens with two attached hydrogens (primary N) is 1. The summed E-state index contributed by atoms with van der Waals surface area (Å²) in [6.07, 6.45) is -1.65. The fourth-order valence-electron chi connectivity index (χ4n) is 3.03. The van der Waals surface area contributed by atoms with Crippen molar-refractivity contribution in [1.82, 2.24) is 26.9 Å². The predicted molar refractivity (Wildman–Crippen MR) is 100.0 cm³/mol. The van der Waals surface area contributed by atoms with E-state index in [1.165, 1.54) is 40.1 Å². The van der Waals surface area contributed by atoms with Crippen molar-refractivity contribution in [3.8, 4) is 0 Å². The van der Waals surface area contributed by atoms with Gasteiger partial charge < -0.3 is 20.7 Å². The molecule has 0 bridgehead atoms. The first kappa shape index (κ1) is 18.9. The maximum absolute atomic E-state index is 13.7. The second kappa shape index (κ2) is 6.87. The third-order valence-corrected chi connectivity index (χ3v) is 5.29. The van der Waals surface area contributed by atoms with Crippen LogP contribution in [0.1, 0.15) is 6.23 Å². The van der Waals surface area contributed by atoms with Crippen LogP contribution < -0.4 is 17.0 Å². The molecule has 0 saturated carbocycles. The van der Waals surface area contributed by atoms with Gasteiger partial charge in [-0.05, 0) is 0 Å². The molecule has 0 radical (unpaired) electrons. The largest absolute Gasteiger partial charge is 0.387 e. The van der Waals surface area contributed by atoms with E-state index in [1.807, 2.05) is 0 Å². The molecule has 0 unspecified atom stereocenters.